The van der Waals surface area contributed by atoms with Crippen LogP contribution in [0.5, 0.6) is 5.75 Å². The van der Waals surface area contributed by atoms with Crippen molar-refractivity contribution in [3.63, 3.8) is 0 Å². The van der Waals surface area contributed by atoms with Gasteiger partial charge in [0.15, 0.2) is 0 Å². The second-order valence-electron chi connectivity index (χ2n) is 3.94. The van der Waals surface area contributed by atoms with Gasteiger partial charge in [-0.2, -0.15) is 8.78 Å². The van der Waals surface area contributed by atoms with E-state index in [1.165, 1.54) is 18.2 Å². The third-order valence-corrected chi connectivity index (χ3v) is 3.03. The highest BCUT2D eigenvalue weighted by Crippen LogP contribution is 2.27. The van der Waals surface area contributed by atoms with Gasteiger partial charge in [0.1, 0.15) is 11.6 Å². The average Bonchev–Trinajstić information content (AvgIpc) is 2.41. The number of hydrogen-bond donors (Lipinski definition) is 1. The van der Waals surface area contributed by atoms with E-state index < -0.39 is 12.4 Å². The minimum Gasteiger partial charge on any atom is -0.433 e. The van der Waals surface area contributed by atoms with Gasteiger partial charge in [-0.05, 0) is 23.8 Å². The van der Waals surface area contributed by atoms with Gasteiger partial charge in [-0.1, -0.05) is 35.9 Å². The van der Waals surface area contributed by atoms with Crippen molar-refractivity contribution >= 4 is 17.3 Å². The first-order chi connectivity index (χ1) is 9.58. The zero-order valence-electron chi connectivity index (χ0n) is 10.2. The van der Waals surface area contributed by atoms with Crippen LogP contribution in [0.25, 0.3) is 0 Å². The monoisotopic (exact) mass is 301 g/mol. The zero-order valence-corrected chi connectivity index (χ0v) is 11.0. The topological polar surface area (TPSA) is 21.3 Å². The SMILES string of the molecule is Fc1cccc(CNc2ccccc2OC(F)F)c1Cl. The van der Waals surface area contributed by atoms with E-state index in [2.05, 4.69) is 10.1 Å². The van der Waals surface area contributed by atoms with Crippen molar-refractivity contribution in [2.45, 2.75) is 13.2 Å². The largest absolute Gasteiger partial charge is 0.433 e. The molecule has 0 aliphatic heterocycles. The summed E-state index contributed by atoms with van der Waals surface area (Å²) in [5.74, 6) is -0.502. The maximum absolute atomic E-state index is 13.3. The van der Waals surface area contributed by atoms with Crippen LogP contribution in [0.2, 0.25) is 5.02 Å². The third-order valence-electron chi connectivity index (χ3n) is 2.60. The van der Waals surface area contributed by atoms with Gasteiger partial charge < -0.3 is 10.1 Å². The van der Waals surface area contributed by atoms with E-state index in [0.29, 0.717) is 11.3 Å². The van der Waals surface area contributed by atoms with Crippen molar-refractivity contribution in [2.75, 3.05) is 5.32 Å². The van der Waals surface area contributed by atoms with Crippen LogP contribution in [-0.2, 0) is 6.54 Å². The smallest absolute Gasteiger partial charge is 0.387 e. The lowest BCUT2D eigenvalue weighted by Crippen LogP contribution is -2.07. The Bertz CT molecular complexity index is 592. The first-order valence-electron chi connectivity index (χ1n) is 5.78. The number of hydrogen-bond acceptors (Lipinski definition) is 2. The maximum atomic E-state index is 13.3. The van der Waals surface area contributed by atoms with Gasteiger partial charge in [-0.25, -0.2) is 4.39 Å². The summed E-state index contributed by atoms with van der Waals surface area (Å²) in [7, 11) is 0. The number of halogens is 4. The molecular formula is C14H11ClF3NO. The van der Waals surface area contributed by atoms with Crippen LogP contribution < -0.4 is 10.1 Å². The Morgan fingerprint density at radius 1 is 1.10 bits per heavy atom. The van der Waals surface area contributed by atoms with Crippen molar-refractivity contribution in [1.29, 1.82) is 0 Å². The molecule has 0 aliphatic rings. The first kappa shape index (κ1) is 14.5. The van der Waals surface area contributed by atoms with E-state index >= 15 is 0 Å². The van der Waals surface area contributed by atoms with Gasteiger partial charge in [0, 0.05) is 6.54 Å². The predicted octanol–water partition coefficient (Wildman–Crippen LogP) is 4.69. The van der Waals surface area contributed by atoms with Crippen LogP contribution in [0.3, 0.4) is 0 Å². The highest BCUT2D eigenvalue weighted by molar-refractivity contribution is 6.31. The summed E-state index contributed by atoms with van der Waals surface area (Å²) in [6.07, 6.45) is 0. The second kappa shape index (κ2) is 6.52. The number of alkyl halides is 2. The fraction of sp³-hybridized carbons (Fsp3) is 0.143. The molecule has 0 fully saturated rings. The second-order valence-corrected chi connectivity index (χ2v) is 4.32. The van der Waals surface area contributed by atoms with Gasteiger partial charge >= 0.3 is 6.61 Å². The molecule has 20 heavy (non-hydrogen) atoms. The number of nitrogens with one attached hydrogen (secondary N) is 1. The van der Waals surface area contributed by atoms with Gasteiger partial charge in [0.25, 0.3) is 0 Å². The molecule has 2 rings (SSSR count). The minimum absolute atomic E-state index is 0.00672. The van der Waals surface area contributed by atoms with Crippen LogP contribution in [0, 0.1) is 5.82 Å². The lowest BCUT2D eigenvalue weighted by Gasteiger charge is -2.13. The number of ether oxygens (including phenoxy) is 1. The molecule has 0 bridgehead atoms. The van der Waals surface area contributed by atoms with Crippen LogP contribution in [0.1, 0.15) is 5.56 Å². The quantitative estimate of drug-likeness (QED) is 0.865. The number of rotatable bonds is 5. The number of benzene rings is 2. The lowest BCUT2D eigenvalue weighted by molar-refractivity contribution is -0.0493. The van der Waals surface area contributed by atoms with Crippen molar-refractivity contribution in [3.05, 3.63) is 58.9 Å². The highest BCUT2D eigenvalue weighted by atomic mass is 35.5. The summed E-state index contributed by atoms with van der Waals surface area (Å²) in [5, 5.41) is 2.90. The summed E-state index contributed by atoms with van der Waals surface area (Å²) >= 11 is 5.82. The van der Waals surface area contributed by atoms with E-state index in [1.54, 1.807) is 24.3 Å². The Balaban J connectivity index is 2.13. The standard InChI is InChI=1S/C14H11ClF3NO/c15-13-9(4-3-5-10(13)16)8-19-11-6-1-2-7-12(11)20-14(17)18/h1-7,14,19H,8H2. The van der Waals surface area contributed by atoms with Crippen molar-refractivity contribution in [1.82, 2.24) is 0 Å². The van der Waals surface area contributed by atoms with Gasteiger partial charge in [0.05, 0.1) is 10.7 Å². The molecule has 1 N–H and O–H groups in total. The lowest BCUT2D eigenvalue weighted by atomic mass is 10.2. The molecule has 2 aromatic rings. The van der Waals surface area contributed by atoms with Crippen LogP contribution >= 0.6 is 11.6 Å². The molecule has 2 aromatic carbocycles. The summed E-state index contributed by atoms with van der Waals surface area (Å²) in [6, 6.07) is 10.7. The number of anilines is 1. The molecular weight excluding hydrogens is 291 g/mol. The van der Waals surface area contributed by atoms with Gasteiger partial charge in [0.2, 0.25) is 0 Å². The van der Waals surface area contributed by atoms with E-state index in [-0.39, 0.29) is 17.3 Å². The normalized spacial score (nSPS) is 10.7. The zero-order chi connectivity index (χ0) is 14.5. The molecule has 0 atom stereocenters. The Hall–Kier alpha value is -1.88. The molecule has 0 saturated heterocycles. The first-order valence-corrected chi connectivity index (χ1v) is 6.16. The fourth-order valence-electron chi connectivity index (χ4n) is 1.69. The maximum Gasteiger partial charge on any atom is 0.387 e. The van der Waals surface area contributed by atoms with E-state index in [1.807, 2.05) is 0 Å². The Kier molecular flexibility index (Phi) is 4.74. The third kappa shape index (κ3) is 3.57. The predicted molar refractivity (Wildman–Crippen MR) is 71.8 cm³/mol. The molecule has 0 radical (unpaired) electrons. The Morgan fingerprint density at radius 2 is 1.85 bits per heavy atom. The Morgan fingerprint density at radius 3 is 2.60 bits per heavy atom. The summed E-state index contributed by atoms with van der Waals surface area (Å²) < 4.78 is 42.2. The molecule has 0 spiro atoms. The molecule has 6 heteroatoms. The molecule has 0 amide bonds. The van der Waals surface area contributed by atoms with E-state index in [9.17, 15) is 13.2 Å². The molecule has 0 heterocycles. The van der Waals surface area contributed by atoms with Crippen LogP contribution in [0.4, 0.5) is 18.9 Å². The van der Waals surface area contributed by atoms with E-state index in [4.69, 9.17) is 11.6 Å². The van der Waals surface area contributed by atoms with Gasteiger partial charge in [-0.3, -0.25) is 0 Å². The summed E-state index contributed by atoms with van der Waals surface area (Å²) in [5.41, 5.74) is 0.909. The van der Waals surface area contributed by atoms with Crippen LogP contribution in [0.15, 0.2) is 42.5 Å². The molecule has 2 nitrogen and oxygen atoms in total. The average molecular weight is 302 g/mol. The summed E-state index contributed by atoms with van der Waals surface area (Å²) in [4.78, 5) is 0. The number of para-hydroxylation sites is 2. The molecule has 0 unspecified atom stereocenters. The highest BCUT2D eigenvalue weighted by Gasteiger charge is 2.10. The fourth-order valence-corrected chi connectivity index (χ4v) is 1.88. The molecule has 106 valence electrons. The van der Waals surface area contributed by atoms with Crippen LogP contribution in [-0.4, -0.2) is 6.61 Å². The van der Waals surface area contributed by atoms with E-state index in [0.717, 1.165) is 0 Å². The summed E-state index contributed by atoms with van der Waals surface area (Å²) in [6.45, 7) is -2.71. The van der Waals surface area contributed by atoms with Crippen molar-refractivity contribution in [2.24, 2.45) is 0 Å². The minimum atomic E-state index is -2.91. The Labute approximate surface area is 119 Å². The van der Waals surface area contributed by atoms with Crippen molar-refractivity contribution in [3.8, 4) is 5.75 Å². The molecule has 0 saturated carbocycles. The molecule has 0 aliphatic carbocycles. The van der Waals surface area contributed by atoms with Crippen molar-refractivity contribution < 1.29 is 17.9 Å². The molecule has 0 aromatic heterocycles. The van der Waals surface area contributed by atoms with Gasteiger partial charge in [-0.15, -0.1) is 0 Å².